The molecular formula is C8H12N2O3. The summed E-state index contributed by atoms with van der Waals surface area (Å²) in [4.78, 5) is 10.4. The van der Waals surface area contributed by atoms with Crippen LogP contribution < -0.4 is 0 Å². The molecule has 0 spiro atoms. The maximum Gasteiger partial charge on any atom is 0.337 e. The van der Waals surface area contributed by atoms with E-state index in [1.807, 2.05) is 13.8 Å². The van der Waals surface area contributed by atoms with E-state index in [4.69, 9.17) is 10.2 Å². The van der Waals surface area contributed by atoms with Crippen molar-refractivity contribution in [3.8, 4) is 0 Å². The van der Waals surface area contributed by atoms with Gasteiger partial charge in [-0.1, -0.05) is 0 Å². The van der Waals surface area contributed by atoms with Gasteiger partial charge in [-0.3, -0.25) is 4.68 Å². The van der Waals surface area contributed by atoms with E-state index in [-0.39, 0.29) is 6.04 Å². The summed E-state index contributed by atoms with van der Waals surface area (Å²) in [6, 6.07) is 0.162. The van der Waals surface area contributed by atoms with E-state index >= 15 is 0 Å². The van der Waals surface area contributed by atoms with E-state index in [2.05, 4.69) is 5.10 Å². The molecule has 72 valence electrons. The van der Waals surface area contributed by atoms with Gasteiger partial charge in [0, 0.05) is 17.8 Å². The second-order valence-electron chi connectivity index (χ2n) is 3.09. The van der Waals surface area contributed by atoms with Crippen molar-refractivity contribution in [1.29, 1.82) is 0 Å². The van der Waals surface area contributed by atoms with Crippen LogP contribution in [0.5, 0.6) is 0 Å². The first-order valence-corrected chi connectivity index (χ1v) is 3.97. The van der Waals surface area contributed by atoms with Gasteiger partial charge in [-0.15, -0.1) is 0 Å². The third kappa shape index (κ3) is 2.06. The molecular weight excluding hydrogens is 172 g/mol. The summed E-state index contributed by atoms with van der Waals surface area (Å²) < 4.78 is 1.60. The van der Waals surface area contributed by atoms with Crippen LogP contribution in [0, 0.1) is 0 Å². The molecule has 1 rings (SSSR count). The monoisotopic (exact) mass is 184 g/mol. The zero-order chi connectivity index (χ0) is 10.0. The average molecular weight is 184 g/mol. The zero-order valence-electron chi connectivity index (χ0n) is 7.51. The van der Waals surface area contributed by atoms with Crippen LogP contribution in [0.4, 0.5) is 0 Å². The molecule has 1 aromatic heterocycles. The Kier molecular flexibility index (Phi) is 2.67. The lowest BCUT2D eigenvalue weighted by Gasteiger charge is -2.04. The van der Waals surface area contributed by atoms with Crippen LogP contribution in [-0.4, -0.2) is 26.0 Å². The lowest BCUT2D eigenvalue weighted by Crippen LogP contribution is -2.09. The minimum absolute atomic E-state index is 0.162. The molecule has 0 bridgehead atoms. The minimum Gasteiger partial charge on any atom is -0.479 e. The highest BCUT2D eigenvalue weighted by Gasteiger charge is 2.17. The Morgan fingerprint density at radius 3 is 2.62 bits per heavy atom. The number of aromatic nitrogens is 2. The van der Waals surface area contributed by atoms with Crippen molar-refractivity contribution >= 4 is 5.97 Å². The molecule has 0 aromatic carbocycles. The van der Waals surface area contributed by atoms with Crippen molar-refractivity contribution in [2.45, 2.75) is 26.0 Å². The van der Waals surface area contributed by atoms with Crippen molar-refractivity contribution in [3.05, 3.63) is 18.0 Å². The summed E-state index contributed by atoms with van der Waals surface area (Å²) in [5, 5.41) is 21.5. The van der Waals surface area contributed by atoms with E-state index in [9.17, 15) is 4.79 Å². The molecule has 1 aromatic rings. The molecule has 1 heterocycles. The highest BCUT2D eigenvalue weighted by Crippen LogP contribution is 2.13. The fourth-order valence-electron chi connectivity index (χ4n) is 0.919. The number of carbonyl (C=O) groups is 1. The first kappa shape index (κ1) is 9.73. The fraction of sp³-hybridized carbons (Fsp3) is 0.500. The number of carboxylic acid groups (broad SMARTS) is 1. The van der Waals surface area contributed by atoms with Gasteiger partial charge in [-0.05, 0) is 13.8 Å². The largest absolute Gasteiger partial charge is 0.479 e. The predicted octanol–water partition coefficient (Wildman–Crippen LogP) is 0.582. The number of aliphatic carboxylic acids is 1. The molecule has 0 aliphatic carbocycles. The fourth-order valence-corrected chi connectivity index (χ4v) is 0.919. The van der Waals surface area contributed by atoms with Crippen LogP contribution in [0.3, 0.4) is 0 Å². The van der Waals surface area contributed by atoms with Gasteiger partial charge in [-0.2, -0.15) is 5.10 Å². The predicted molar refractivity (Wildman–Crippen MR) is 45.2 cm³/mol. The van der Waals surface area contributed by atoms with Crippen LogP contribution in [0.15, 0.2) is 12.4 Å². The second-order valence-corrected chi connectivity index (χ2v) is 3.09. The van der Waals surface area contributed by atoms with Gasteiger partial charge >= 0.3 is 5.97 Å². The standard InChI is InChI=1S/C8H12N2O3/c1-5(2)10-4-6(3-9-10)7(11)8(12)13/h3-5,7,11H,1-2H3,(H,12,13). The summed E-state index contributed by atoms with van der Waals surface area (Å²) in [5.41, 5.74) is 0.307. The van der Waals surface area contributed by atoms with Crippen LogP contribution in [-0.2, 0) is 4.79 Å². The van der Waals surface area contributed by atoms with Crippen LogP contribution in [0.25, 0.3) is 0 Å². The van der Waals surface area contributed by atoms with E-state index in [1.54, 1.807) is 4.68 Å². The highest BCUT2D eigenvalue weighted by molar-refractivity contribution is 5.73. The van der Waals surface area contributed by atoms with Crippen molar-refractivity contribution in [2.75, 3.05) is 0 Å². The normalized spacial score (nSPS) is 13.2. The smallest absolute Gasteiger partial charge is 0.337 e. The molecule has 0 fully saturated rings. The van der Waals surface area contributed by atoms with Gasteiger partial charge in [0.05, 0.1) is 6.20 Å². The van der Waals surface area contributed by atoms with E-state index in [0.717, 1.165) is 0 Å². The third-order valence-electron chi connectivity index (χ3n) is 1.70. The SMILES string of the molecule is CC(C)n1cc(C(O)C(=O)O)cn1. The van der Waals surface area contributed by atoms with Gasteiger partial charge < -0.3 is 10.2 Å². The van der Waals surface area contributed by atoms with Crippen LogP contribution >= 0.6 is 0 Å². The second kappa shape index (κ2) is 3.57. The molecule has 1 atom stereocenters. The number of carboxylic acids is 1. The van der Waals surface area contributed by atoms with Crippen LogP contribution in [0.1, 0.15) is 31.6 Å². The van der Waals surface area contributed by atoms with Gasteiger partial charge in [0.1, 0.15) is 0 Å². The molecule has 0 aliphatic heterocycles. The lowest BCUT2D eigenvalue weighted by molar-refractivity contribution is -0.146. The first-order valence-electron chi connectivity index (χ1n) is 3.97. The Morgan fingerprint density at radius 2 is 2.23 bits per heavy atom. The Balaban J connectivity index is 2.85. The Labute approximate surface area is 75.6 Å². The van der Waals surface area contributed by atoms with Crippen molar-refractivity contribution in [1.82, 2.24) is 9.78 Å². The molecule has 13 heavy (non-hydrogen) atoms. The quantitative estimate of drug-likeness (QED) is 0.720. The van der Waals surface area contributed by atoms with Crippen LogP contribution in [0.2, 0.25) is 0 Å². The molecule has 2 N–H and O–H groups in total. The number of nitrogens with zero attached hydrogens (tertiary/aromatic N) is 2. The van der Waals surface area contributed by atoms with Gasteiger partial charge in [-0.25, -0.2) is 4.79 Å². The summed E-state index contributed by atoms with van der Waals surface area (Å²) in [6.07, 6.45) is 1.41. The lowest BCUT2D eigenvalue weighted by atomic mass is 10.2. The number of rotatable bonds is 3. The number of hydrogen-bond acceptors (Lipinski definition) is 3. The summed E-state index contributed by atoms with van der Waals surface area (Å²) in [6.45, 7) is 3.84. The van der Waals surface area contributed by atoms with E-state index in [0.29, 0.717) is 5.56 Å². The molecule has 0 aliphatic rings. The zero-order valence-corrected chi connectivity index (χ0v) is 7.51. The maximum absolute atomic E-state index is 10.4. The van der Waals surface area contributed by atoms with Crippen molar-refractivity contribution < 1.29 is 15.0 Å². The number of aliphatic hydroxyl groups excluding tert-OH is 1. The highest BCUT2D eigenvalue weighted by atomic mass is 16.4. The van der Waals surface area contributed by atoms with Crippen molar-refractivity contribution in [3.63, 3.8) is 0 Å². The molecule has 0 saturated carbocycles. The third-order valence-corrected chi connectivity index (χ3v) is 1.70. The molecule has 0 radical (unpaired) electrons. The average Bonchev–Trinajstić information content (AvgIpc) is 2.50. The Hall–Kier alpha value is -1.36. The summed E-state index contributed by atoms with van der Waals surface area (Å²) >= 11 is 0. The Morgan fingerprint density at radius 1 is 1.62 bits per heavy atom. The molecule has 5 heteroatoms. The Bertz CT molecular complexity index is 306. The molecule has 1 unspecified atom stereocenters. The van der Waals surface area contributed by atoms with Gasteiger partial charge in [0.2, 0.25) is 0 Å². The summed E-state index contributed by atoms with van der Waals surface area (Å²) in [5.74, 6) is -1.26. The van der Waals surface area contributed by atoms with Crippen molar-refractivity contribution in [2.24, 2.45) is 0 Å². The molecule has 0 amide bonds. The van der Waals surface area contributed by atoms with Gasteiger partial charge in [0.15, 0.2) is 6.10 Å². The van der Waals surface area contributed by atoms with E-state index in [1.165, 1.54) is 12.4 Å². The number of hydrogen-bond donors (Lipinski definition) is 2. The molecule has 0 saturated heterocycles. The maximum atomic E-state index is 10.4. The van der Waals surface area contributed by atoms with Gasteiger partial charge in [0.25, 0.3) is 0 Å². The summed E-state index contributed by atoms with van der Waals surface area (Å²) in [7, 11) is 0. The topological polar surface area (TPSA) is 75.4 Å². The van der Waals surface area contributed by atoms with E-state index < -0.39 is 12.1 Å². The number of aliphatic hydroxyl groups is 1. The molecule has 5 nitrogen and oxygen atoms in total. The first-order chi connectivity index (χ1) is 6.02. The minimum atomic E-state index is -1.48.